The second-order valence-electron chi connectivity index (χ2n) is 4.68. The Labute approximate surface area is 126 Å². The van der Waals surface area contributed by atoms with Gasteiger partial charge in [0.1, 0.15) is 0 Å². The summed E-state index contributed by atoms with van der Waals surface area (Å²) in [5.41, 5.74) is 3.56. The van der Waals surface area contributed by atoms with Crippen LogP contribution in [0.4, 0.5) is 5.13 Å². The Morgan fingerprint density at radius 1 is 1.24 bits per heavy atom. The Hall–Kier alpha value is -2.47. The smallest absolute Gasteiger partial charge is 0.257 e. The zero-order chi connectivity index (χ0) is 14.8. The van der Waals surface area contributed by atoms with Crippen molar-refractivity contribution in [3.8, 4) is 5.69 Å². The molecular formula is C15H14N4OS. The molecule has 0 saturated carbocycles. The van der Waals surface area contributed by atoms with Gasteiger partial charge in [-0.3, -0.25) is 10.1 Å². The van der Waals surface area contributed by atoms with Crippen molar-refractivity contribution in [2.75, 3.05) is 5.32 Å². The van der Waals surface area contributed by atoms with E-state index in [2.05, 4.69) is 15.4 Å². The van der Waals surface area contributed by atoms with Gasteiger partial charge in [0.05, 0.1) is 11.4 Å². The van der Waals surface area contributed by atoms with Crippen molar-refractivity contribution >= 4 is 22.4 Å². The lowest BCUT2D eigenvalue weighted by Crippen LogP contribution is -2.11. The lowest BCUT2D eigenvalue weighted by atomic mass is 10.2. The van der Waals surface area contributed by atoms with Gasteiger partial charge in [0.25, 0.3) is 5.91 Å². The van der Waals surface area contributed by atoms with Crippen LogP contribution in [0.5, 0.6) is 0 Å². The van der Waals surface area contributed by atoms with Gasteiger partial charge in [0, 0.05) is 22.8 Å². The third kappa shape index (κ3) is 2.85. The summed E-state index contributed by atoms with van der Waals surface area (Å²) in [7, 11) is 0. The van der Waals surface area contributed by atoms with Crippen LogP contribution in [-0.2, 0) is 0 Å². The Kier molecular flexibility index (Phi) is 3.53. The molecule has 5 nitrogen and oxygen atoms in total. The van der Waals surface area contributed by atoms with E-state index in [1.807, 2.05) is 42.1 Å². The third-order valence-corrected chi connectivity index (χ3v) is 3.72. The van der Waals surface area contributed by atoms with Crippen molar-refractivity contribution in [2.45, 2.75) is 13.8 Å². The fraction of sp³-hybridized carbons (Fsp3) is 0.133. The molecule has 21 heavy (non-hydrogen) atoms. The average molecular weight is 298 g/mol. The number of carbonyl (C=O) groups excluding carboxylic acids is 1. The van der Waals surface area contributed by atoms with Crippen LogP contribution in [-0.4, -0.2) is 20.7 Å². The molecule has 0 fully saturated rings. The standard InChI is InChI=1S/C15H14N4OS/c1-10-9-11(2)19(18-10)13-5-3-12(4-6-13)14(20)17-15-16-7-8-21-15/h3-9H,1-2H3,(H,16,17,20). The van der Waals surface area contributed by atoms with Crippen LogP contribution in [0.15, 0.2) is 41.9 Å². The summed E-state index contributed by atoms with van der Waals surface area (Å²) in [4.78, 5) is 16.1. The number of nitrogens with one attached hydrogen (secondary N) is 1. The number of amides is 1. The normalized spacial score (nSPS) is 10.6. The fourth-order valence-electron chi connectivity index (χ4n) is 2.10. The van der Waals surface area contributed by atoms with Gasteiger partial charge in [-0.25, -0.2) is 9.67 Å². The molecule has 1 N–H and O–H groups in total. The molecule has 0 saturated heterocycles. The molecule has 0 aliphatic rings. The maximum Gasteiger partial charge on any atom is 0.257 e. The first-order valence-corrected chi connectivity index (χ1v) is 7.36. The highest BCUT2D eigenvalue weighted by molar-refractivity contribution is 7.13. The summed E-state index contributed by atoms with van der Waals surface area (Å²) in [6.07, 6.45) is 1.66. The molecule has 0 aliphatic carbocycles. The van der Waals surface area contributed by atoms with E-state index in [0.717, 1.165) is 17.1 Å². The lowest BCUT2D eigenvalue weighted by Gasteiger charge is -2.06. The maximum atomic E-state index is 12.1. The topological polar surface area (TPSA) is 59.8 Å². The van der Waals surface area contributed by atoms with Gasteiger partial charge in [-0.1, -0.05) is 0 Å². The zero-order valence-corrected chi connectivity index (χ0v) is 12.5. The van der Waals surface area contributed by atoms with Gasteiger partial charge in [-0.2, -0.15) is 5.10 Å². The first kappa shape index (κ1) is 13.5. The molecule has 0 unspecified atom stereocenters. The monoisotopic (exact) mass is 298 g/mol. The minimum absolute atomic E-state index is 0.162. The Bertz CT molecular complexity index is 760. The van der Waals surface area contributed by atoms with Gasteiger partial charge in [-0.15, -0.1) is 11.3 Å². The Balaban J connectivity index is 1.81. The summed E-state index contributed by atoms with van der Waals surface area (Å²) < 4.78 is 1.86. The third-order valence-electron chi connectivity index (χ3n) is 3.04. The number of rotatable bonds is 3. The number of hydrogen-bond acceptors (Lipinski definition) is 4. The summed E-state index contributed by atoms with van der Waals surface area (Å²) in [6.45, 7) is 3.96. The SMILES string of the molecule is Cc1cc(C)n(-c2ccc(C(=O)Nc3nccs3)cc2)n1. The maximum absolute atomic E-state index is 12.1. The molecule has 2 aromatic heterocycles. The molecule has 2 heterocycles. The van der Waals surface area contributed by atoms with E-state index in [0.29, 0.717) is 10.7 Å². The first-order valence-electron chi connectivity index (χ1n) is 6.48. The van der Waals surface area contributed by atoms with Crippen molar-refractivity contribution in [1.29, 1.82) is 0 Å². The summed E-state index contributed by atoms with van der Waals surface area (Å²) in [5, 5.41) is 9.60. The second kappa shape index (κ2) is 5.49. The zero-order valence-electron chi connectivity index (χ0n) is 11.7. The summed E-state index contributed by atoms with van der Waals surface area (Å²) >= 11 is 1.39. The lowest BCUT2D eigenvalue weighted by molar-refractivity contribution is 0.102. The number of hydrogen-bond donors (Lipinski definition) is 1. The fourth-order valence-corrected chi connectivity index (χ4v) is 2.62. The van der Waals surface area contributed by atoms with Crippen molar-refractivity contribution < 1.29 is 4.79 Å². The van der Waals surface area contributed by atoms with Gasteiger partial charge < -0.3 is 0 Å². The van der Waals surface area contributed by atoms with Gasteiger partial charge in [-0.05, 0) is 44.2 Å². The quantitative estimate of drug-likeness (QED) is 0.807. The number of nitrogens with zero attached hydrogens (tertiary/aromatic N) is 3. The molecule has 1 aromatic carbocycles. The number of carbonyl (C=O) groups is 1. The minimum Gasteiger partial charge on any atom is -0.298 e. The number of anilines is 1. The highest BCUT2D eigenvalue weighted by Gasteiger charge is 2.09. The molecule has 0 atom stereocenters. The van der Waals surface area contributed by atoms with Crippen molar-refractivity contribution in [1.82, 2.24) is 14.8 Å². The van der Waals surface area contributed by atoms with Crippen LogP contribution in [0.2, 0.25) is 0 Å². The second-order valence-corrected chi connectivity index (χ2v) is 5.57. The van der Waals surface area contributed by atoms with Crippen molar-refractivity contribution in [3.63, 3.8) is 0 Å². The largest absolute Gasteiger partial charge is 0.298 e. The van der Waals surface area contributed by atoms with E-state index < -0.39 is 0 Å². The van der Waals surface area contributed by atoms with E-state index in [1.165, 1.54) is 11.3 Å². The minimum atomic E-state index is -0.162. The molecule has 0 spiro atoms. The Morgan fingerprint density at radius 3 is 2.57 bits per heavy atom. The van der Waals surface area contributed by atoms with Crippen LogP contribution in [0.25, 0.3) is 5.69 Å². The van der Waals surface area contributed by atoms with E-state index in [9.17, 15) is 4.79 Å². The highest BCUT2D eigenvalue weighted by atomic mass is 32.1. The van der Waals surface area contributed by atoms with Crippen LogP contribution in [0, 0.1) is 13.8 Å². The van der Waals surface area contributed by atoms with Crippen LogP contribution in [0.3, 0.4) is 0 Å². The van der Waals surface area contributed by atoms with Gasteiger partial charge >= 0.3 is 0 Å². The summed E-state index contributed by atoms with van der Waals surface area (Å²) in [6, 6.07) is 9.36. The number of aromatic nitrogens is 3. The predicted octanol–water partition coefficient (Wildman–Crippen LogP) is 3.20. The van der Waals surface area contributed by atoms with E-state index in [1.54, 1.807) is 18.3 Å². The van der Waals surface area contributed by atoms with Gasteiger partial charge in [0.15, 0.2) is 5.13 Å². The molecule has 6 heteroatoms. The first-order chi connectivity index (χ1) is 10.1. The average Bonchev–Trinajstić information content (AvgIpc) is 3.08. The predicted molar refractivity (Wildman–Crippen MR) is 83.1 cm³/mol. The number of thiazole rings is 1. The molecule has 0 aliphatic heterocycles. The number of benzene rings is 1. The van der Waals surface area contributed by atoms with Gasteiger partial charge in [0.2, 0.25) is 0 Å². The van der Waals surface area contributed by atoms with Crippen LogP contribution < -0.4 is 5.32 Å². The van der Waals surface area contributed by atoms with E-state index in [4.69, 9.17) is 0 Å². The molecule has 0 bridgehead atoms. The van der Waals surface area contributed by atoms with E-state index in [-0.39, 0.29) is 5.91 Å². The molecule has 0 radical (unpaired) electrons. The van der Waals surface area contributed by atoms with Crippen LogP contribution >= 0.6 is 11.3 Å². The molecule has 106 valence electrons. The van der Waals surface area contributed by atoms with E-state index >= 15 is 0 Å². The summed E-state index contributed by atoms with van der Waals surface area (Å²) in [5.74, 6) is -0.162. The highest BCUT2D eigenvalue weighted by Crippen LogP contribution is 2.15. The Morgan fingerprint density at radius 2 is 2.00 bits per heavy atom. The molecule has 1 amide bonds. The van der Waals surface area contributed by atoms with Crippen LogP contribution in [0.1, 0.15) is 21.7 Å². The van der Waals surface area contributed by atoms with Crippen molar-refractivity contribution in [3.05, 3.63) is 58.9 Å². The number of aryl methyl sites for hydroxylation is 2. The molecular weight excluding hydrogens is 284 g/mol. The molecule has 3 rings (SSSR count). The van der Waals surface area contributed by atoms with Crippen molar-refractivity contribution in [2.24, 2.45) is 0 Å². The molecule has 3 aromatic rings.